The Hall–Kier alpha value is -1.56. The molecule has 2 aromatic rings. The minimum Gasteiger partial charge on any atom is -0.369 e. The van der Waals surface area contributed by atoms with Crippen LogP contribution in [0.5, 0.6) is 0 Å². The molecule has 1 heterocycles. The van der Waals surface area contributed by atoms with Gasteiger partial charge in [-0.2, -0.15) is 4.31 Å². The molecular weight excluding hydrogens is 368 g/mol. The first-order valence-corrected chi connectivity index (χ1v) is 11.0. The van der Waals surface area contributed by atoms with Crippen LogP contribution in [0.1, 0.15) is 17.9 Å². The summed E-state index contributed by atoms with van der Waals surface area (Å²) >= 11 is 5.94. The average molecular weight is 391 g/mol. The number of hydrogen-bond donors (Lipinski definition) is 0. The number of sulfonamides is 1. The molecule has 0 bridgehead atoms. The maximum atomic E-state index is 12.8. The van der Waals surface area contributed by atoms with Gasteiger partial charge in [-0.15, -0.1) is 0 Å². The summed E-state index contributed by atoms with van der Waals surface area (Å²) in [5, 5.41) is 0.715. The van der Waals surface area contributed by atoms with Gasteiger partial charge in [-0.05, 0) is 48.1 Å². The Balaban J connectivity index is 1.33. The molecule has 26 heavy (non-hydrogen) atoms. The van der Waals surface area contributed by atoms with Gasteiger partial charge < -0.3 is 4.90 Å². The number of piperazine rings is 1. The molecule has 0 unspecified atom stereocenters. The molecular formula is C20H23ClN2O2S. The van der Waals surface area contributed by atoms with E-state index in [4.69, 9.17) is 11.6 Å². The van der Waals surface area contributed by atoms with Crippen LogP contribution in [-0.4, -0.2) is 44.7 Å². The van der Waals surface area contributed by atoms with Gasteiger partial charge in [0.1, 0.15) is 0 Å². The second kappa shape index (κ2) is 7.22. The van der Waals surface area contributed by atoms with Gasteiger partial charge in [0.15, 0.2) is 0 Å². The van der Waals surface area contributed by atoms with Crippen molar-refractivity contribution in [3.63, 3.8) is 0 Å². The molecule has 1 aliphatic heterocycles. The fourth-order valence-corrected chi connectivity index (χ4v) is 5.76. The lowest BCUT2D eigenvalue weighted by Gasteiger charge is -2.35. The van der Waals surface area contributed by atoms with Crippen molar-refractivity contribution in [3.8, 4) is 0 Å². The number of hydrogen-bond acceptors (Lipinski definition) is 3. The lowest BCUT2D eigenvalue weighted by molar-refractivity contribution is 0.383. The summed E-state index contributed by atoms with van der Waals surface area (Å²) in [6, 6.07) is 18.0. The zero-order chi connectivity index (χ0) is 18.1. The van der Waals surface area contributed by atoms with Crippen LogP contribution in [-0.2, 0) is 10.0 Å². The second-order valence-electron chi connectivity index (χ2n) is 7.15. The van der Waals surface area contributed by atoms with Gasteiger partial charge in [-0.1, -0.05) is 41.9 Å². The molecule has 4 rings (SSSR count). The summed E-state index contributed by atoms with van der Waals surface area (Å²) in [4.78, 5) is 2.21. The van der Waals surface area contributed by atoms with Crippen LogP contribution in [0, 0.1) is 5.92 Å². The Labute approximate surface area is 160 Å². The van der Waals surface area contributed by atoms with E-state index in [0.717, 1.165) is 12.1 Å². The van der Waals surface area contributed by atoms with Crippen LogP contribution >= 0.6 is 11.6 Å². The van der Waals surface area contributed by atoms with Gasteiger partial charge in [-0.25, -0.2) is 8.42 Å². The summed E-state index contributed by atoms with van der Waals surface area (Å²) in [6.45, 7) is 2.53. The minimum atomic E-state index is -3.19. The minimum absolute atomic E-state index is 0.261. The van der Waals surface area contributed by atoms with Crippen LogP contribution in [0.25, 0.3) is 0 Å². The molecule has 4 nitrogen and oxygen atoms in total. The van der Waals surface area contributed by atoms with Gasteiger partial charge in [-0.3, -0.25) is 0 Å². The smallest absolute Gasteiger partial charge is 0.214 e. The quantitative estimate of drug-likeness (QED) is 0.783. The largest absolute Gasteiger partial charge is 0.369 e. The summed E-state index contributed by atoms with van der Waals surface area (Å²) in [7, 11) is -3.19. The van der Waals surface area contributed by atoms with Crippen LogP contribution in [0.15, 0.2) is 54.6 Å². The first-order chi connectivity index (χ1) is 12.5. The third-order valence-electron chi connectivity index (χ3n) is 5.40. The molecule has 6 heteroatoms. The lowest BCUT2D eigenvalue weighted by Crippen LogP contribution is -2.49. The number of rotatable bonds is 5. The van der Waals surface area contributed by atoms with Crippen molar-refractivity contribution >= 4 is 27.3 Å². The summed E-state index contributed by atoms with van der Waals surface area (Å²) in [5.74, 6) is 0.936. The van der Waals surface area contributed by atoms with E-state index < -0.39 is 10.0 Å². The fraction of sp³-hybridized carbons (Fsp3) is 0.400. The molecule has 0 aromatic heterocycles. The standard InChI is InChI=1S/C20H23ClN2O2S/c21-18-6-8-19(9-7-18)22-10-12-23(13-11-22)26(24,25)15-17-14-20(17)16-4-2-1-3-5-16/h1-9,17,20H,10-15H2/t17-,20+/m0/s1. The Kier molecular flexibility index (Phi) is 4.95. The van der Waals surface area contributed by atoms with E-state index in [-0.39, 0.29) is 11.7 Å². The number of nitrogens with zero attached hydrogens (tertiary/aromatic N) is 2. The number of halogens is 1. The maximum Gasteiger partial charge on any atom is 0.214 e. The molecule has 0 spiro atoms. The van der Waals surface area contributed by atoms with Crippen molar-refractivity contribution in [2.24, 2.45) is 5.92 Å². The van der Waals surface area contributed by atoms with E-state index in [1.54, 1.807) is 4.31 Å². The van der Waals surface area contributed by atoms with Gasteiger partial charge >= 0.3 is 0 Å². The van der Waals surface area contributed by atoms with E-state index in [0.29, 0.717) is 37.1 Å². The van der Waals surface area contributed by atoms with Gasteiger partial charge in [0, 0.05) is 36.9 Å². The van der Waals surface area contributed by atoms with Crippen LogP contribution < -0.4 is 4.90 Å². The summed E-state index contributed by atoms with van der Waals surface area (Å²) in [6.07, 6.45) is 0.980. The van der Waals surface area contributed by atoms with Gasteiger partial charge in [0.2, 0.25) is 10.0 Å². The average Bonchev–Trinajstić information content (AvgIpc) is 3.41. The molecule has 2 aliphatic rings. The van der Waals surface area contributed by atoms with E-state index in [2.05, 4.69) is 17.0 Å². The van der Waals surface area contributed by atoms with Gasteiger partial charge in [0.05, 0.1) is 5.75 Å². The van der Waals surface area contributed by atoms with Crippen molar-refractivity contribution in [1.29, 1.82) is 0 Å². The summed E-state index contributed by atoms with van der Waals surface area (Å²) < 4.78 is 27.2. The maximum absolute atomic E-state index is 12.8. The van der Waals surface area contributed by atoms with E-state index in [1.807, 2.05) is 42.5 Å². The topological polar surface area (TPSA) is 40.6 Å². The molecule has 2 fully saturated rings. The van der Waals surface area contributed by atoms with E-state index in [1.165, 1.54) is 5.56 Å². The van der Waals surface area contributed by atoms with Gasteiger partial charge in [0.25, 0.3) is 0 Å². The molecule has 0 amide bonds. The predicted octanol–water partition coefficient (Wildman–Crippen LogP) is 3.60. The third-order valence-corrected chi connectivity index (χ3v) is 7.65. The zero-order valence-electron chi connectivity index (χ0n) is 14.6. The monoisotopic (exact) mass is 390 g/mol. The number of benzene rings is 2. The lowest BCUT2D eigenvalue weighted by atomic mass is 10.1. The first kappa shape index (κ1) is 17.8. The molecule has 1 saturated carbocycles. The Morgan fingerprint density at radius 3 is 2.23 bits per heavy atom. The third kappa shape index (κ3) is 3.90. The SMILES string of the molecule is O=S(=O)(C[C@@H]1C[C@@H]1c1ccccc1)N1CCN(c2ccc(Cl)cc2)CC1. The van der Waals surface area contributed by atoms with E-state index >= 15 is 0 Å². The Morgan fingerprint density at radius 2 is 1.58 bits per heavy atom. The first-order valence-electron chi connectivity index (χ1n) is 9.06. The fourth-order valence-electron chi connectivity index (χ4n) is 3.79. The highest BCUT2D eigenvalue weighted by molar-refractivity contribution is 7.89. The van der Waals surface area contributed by atoms with Crippen LogP contribution in [0.4, 0.5) is 5.69 Å². The Morgan fingerprint density at radius 1 is 0.923 bits per heavy atom. The molecule has 1 saturated heterocycles. The van der Waals surface area contributed by atoms with Crippen molar-refractivity contribution in [2.75, 3.05) is 36.8 Å². The van der Waals surface area contributed by atoms with Crippen molar-refractivity contribution < 1.29 is 8.42 Å². The molecule has 1 aliphatic carbocycles. The zero-order valence-corrected chi connectivity index (χ0v) is 16.2. The normalized spacial score (nSPS) is 23.8. The molecule has 138 valence electrons. The summed E-state index contributed by atoms with van der Waals surface area (Å²) in [5.41, 5.74) is 2.36. The van der Waals surface area contributed by atoms with Crippen molar-refractivity contribution in [1.82, 2.24) is 4.31 Å². The highest BCUT2D eigenvalue weighted by atomic mass is 35.5. The van der Waals surface area contributed by atoms with Crippen LogP contribution in [0.3, 0.4) is 0 Å². The second-order valence-corrected chi connectivity index (χ2v) is 9.60. The highest BCUT2D eigenvalue weighted by Gasteiger charge is 2.42. The van der Waals surface area contributed by atoms with Crippen molar-refractivity contribution in [3.05, 3.63) is 65.2 Å². The van der Waals surface area contributed by atoms with Crippen LogP contribution in [0.2, 0.25) is 5.02 Å². The molecule has 0 radical (unpaired) electrons. The molecule has 2 atom stereocenters. The Bertz CT molecular complexity index is 847. The molecule has 2 aromatic carbocycles. The number of anilines is 1. The predicted molar refractivity (Wildman–Crippen MR) is 106 cm³/mol. The van der Waals surface area contributed by atoms with Crippen molar-refractivity contribution in [2.45, 2.75) is 12.3 Å². The van der Waals surface area contributed by atoms with E-state index in [9.17, 15) is 8.42 Å². The molecule has 0 N–H and O–H groups in total. The highest BCUT2D eigenvalue weighted by Crippen LogP contribution is 2.48.